The minimum absolute atomic E-state index is 0.0433. The third-order valence-corrected chi connectivity index (χ3v) is 4.91. The van der Waals surface area contributed by atoms with Crippen molar-refractivity contribution in [3.05, 3.63) is 59.0 Å². The molecular weight excluding hydrogens is 326 g/mol. The Bertz CT molecular complexity index is 1000. The van der Waals surface area contributed by atoms with E-state index in [0.29, 0.717) is 12.2 Å². The summed E-state index contributed by atoms with van der Waals surface area (Å²) in [4.78, 5) is 31.2. The summed E-state index contributed by atoms with van der Waals surface area (Å²) in [6.45, 7) is 1.36. The number of rotatable bonds is 3. The Balaban J connectivity index is 1.60. The van der Waals surface area contributed by atoms with Gasteiger partial charge in [0, 0.05) is 44.5 Å². The van der Waals surface area contributed by atoms with Gasteiger partial charge in [0.25, 0.3) is 11.8 Å². The van der Waals surface area contributed by atoms with Gasteiger partial charge in [0.1, 0.15) is 5.69 Å². The zero-order chi connectivity index (χ0) is 18.3. The fraction of sp³-hybridized carbons (Fsp3) is 0.286. The van der Waals surface area contributed by atoms with E-state index in [4.69, 9.17) is 0 Å². The van der Waals surface area contributed by atoms with Gasteiger partial charge in [0.15, 0.2) is 0 Å². The zero-order valence-corrected chi connectivity index (χ0v) is 15.0. The van der Waals surface area contributed by atoms with Crippen LogP contribution in [0.5, 0.6) is 0 Å². The number of nitrogens with zero attached hydrogens (tertiary/aromatic N) is 2. The Morgan fingerprint density at radius 1 is 1.23 bits per heavy atom. The van der Waals surface area contributed by atoms with Crippen LogP contribution in [0.1, 0.15) is 28.9 Å². The van der Waals surface area contributed by atoms with Gasteiger partial charge in [-0.25, -0.2) is 0 Å². The summed E-state index contributed by atoms with van der Waals surface area (Å²) < 4.78 is 0. The molecule has 0 spiro atoms. The first-order valence-electron chi connectivity index (χ1n) is 8.80. The molecule has 0 atom stereocenters. The molecule has 1 aromatic heterocycles. The zero-order valence-electron chi connectivity index (χ0n) is 15.0. The van der Waals surface area contributed by atoms with Crippen LogP contribution in [0.15, 0.2) is 47.7 Å². The van der Waals surface area contributed by atoms with Gasteiger partial charge in [-0.3, -0.25) is 9.59 Å². The number of hydrogen-bond acceptors (Lipinski definition) is 2. The number of H-pyrrole nitrogens is 1. The molecule has 0 fully saturated rings. The molecule has 132 valence electrons. The maximum absolute atomic E-state index is 12.4. The Morgan fingerprint density at radius 3 is 2.73 bits per heavy atom. The minimum Gasteiger partial charge on any atom is -0.351 e. The second-order valence-electron chi connectivity index (χ2n) is 6.96. The van der Waals surface area contributed by atoms with Crippen molar-refractivity contribution in [1.29, 1.82) is 0 Å². The average Bonchev–Trinajstić information content (AvgIpc) is 3.02. The third-order valence-electron chi connectivity index (χ3n) is 4.91. The van der Waals surface area contributed by atoms with Crippen molar-refractivity contribution in [3.8, 4) is 0 Å². The first kappa shape index (κ1) is 16.4. The number of aromatic nitrogens is 1. The predicted octanol–water partition coefficient (Wildman–Crippen LogP) is 2.97. The van der Waals surface area contributed by atoms with E-state index >= 15 is 0 Å². The van der Waals surface area contributed by atoms with Crippen LogP contribution < -0.4 is 0 Å². The number of nitrogens with one attached hydrogen (secondary N) is 1. The van der Waals surface area contributed by atoms with E-state index in [-0.39, 0.29) is 11.8 Å². The van der Waals surface area contributed by atoms with Gasteiger partial charge in [0.05, 0.1) is 5.57 Å². The molecule has 2 aliphatic rings. The lowest BCUT2D eigenvalue weighted by molar-refractivity contribution is -0.126. The van der Waals surface area contributed by atoms with Crippen molar-refractivity contribution in [2.45, 2.75) is 12.8 Å². The van der Waals surface area contributed by atoms with Crippen molar-refractivity contribution < 1.29 is 9.59 Å². The van der Waals surface area contributed by atoms with E-state index in [1.807, 2.05) is 23.1 Å². The van der Waals surface area contributed by atoms with E-state index < -0.39 is 0 Å². The van der Waals surface area contributed by atoms with Crippen molar-refractivity contribution in [3.63, 3.8) is 0 Å². The molecule has 1 N–H and O–H groups in total. The fourth-order valence-electron chi connectivity index (χ4n) is 3.35. The number of carbonyl (C=O) groups is 2. The fourth-order valence-corrected chi connectivity index (χ4v) is 3.35. The summed E-state index contributed by atoms with van der Waals surface area (Å²) in [7, 11) is 3.48. The Kier molecular flexibility index (Phi) is 4.02. The number of amides is 2. The Hall–Kier alpha value is -3.04. The summed E-state index contributed by atoms with van der Waals surface area (Å²) in [5.41, 5.74) is 7.50. The molecule has 1 aromatic carbocycles. The van der Waals surface area contributed by atoms with Crippen LogP contribution in [0.4, 0.5) is 0 Å². The lowest BCUT2D eigenvalue weighted by Crippen LogP contribution is -2.36. The van der Waals surface area contributed by atoms with Crippen molar-refractivity contribution in [2.75, 3.05) is 27.2 Å². The average molecular weight is 347 g/mol. The molecule has 0 saturated carbocycles. The highest BCUT2D eigenvalue weighted by Gasteiger charge is 2.23. The first-order valence-corrected chi connectivity index (χ1v) is 8.80. The van der Waals surface area contributed by atoms with Gasteiger partial charge in [0.2, 0.25) is 0 Å². The second kappa shape index (κ2) is 6.36. The van der Waals surface area contributed by atoms with Crippen LogP contribution >= 0.6 is 0 Å². The molecule has 0 saturated heterocycles. The highest BCUT2D eigenvalue weighted by atomic mass is 16.2. The van der Waals surface area contributed by atoms with Crippen LogP contribution in [-0.4, -0.2) is 53.8 Å². The van der Waals surface area contributed by atoms with Crippen LogP contribution in [-0.2, 0) is 4.79 Å². The molecule has 0 bridgehead atoms. The highest BCUT2D eigenvalue weighted by Crippen LogP contribution is 2.26. The van der Waals surface area contributed by atoms with Crippen LogP contribution in [0, 0.1) is 0 Å². The molecule has 4 rings (SSSR count). The summed E-state index contributed by atoms with van der Waals surface area (Å²) in [5, 5.41) is 1.01. The maximum atomic E-state index is 12.4. The molecular formula is C21H21N3O2. The molecule has 5 heteroatoms. The molecule has 26 heavy (non-hydrogen) atoms. The number of fused-ring (bicyclic) bond motifs is 1. The van der Waals surface area contributed by atoms with E-state index in [1.54, 1.807) is 19.0 Å². The Labute approximate surface area is 152 Å². The standard InChI is InChI=1S/C21H21N3O2/c1-23(2)21(26)19-12-16-9-8-15(11-18(16)22-19)17-7-4-10-24(13-17)20(25)14-5-3-6-14/h3,7-9,11-12,22H,4-5,10,13H2,1-2H3. The smallest absolute Gasteiger partial charge is 0.269 e. The van der Waals surface area contributed by atoms with E-state index in [0.717, 1.165) is 47.0 Å². The normalized spacial score (nSPS) is 16.2. The largest absolute Gasteiger partial charge is 0.351 e. The molecule has 2 amide bonds. The molecule has 2 aromatic rings. The molecule has 1 aliphatic carbocycles. The predicted molar refractivity (Wildman–Crippen MR) is 102 cm³/mol. The monoisotopic (exact) mass is 347 g/mol. The van der Waals surface area contributed by atoms with Crippen molar-refractivity contribution >= 4 is 28.3 Å². The lowest BCUT2D eigenvalue weighted by Gasteiger charge is -2.28. The van der Waals surface area contributed by atoms with Gasteiger partial charge < -0.3 is 14.8 Å². The van der Waals surface area contributed by atoms with E-state index in [1.165, 1.54) is 0 Å². The van der Waals surface area contributed by atoms with Gasteiger partial charge in [-0.15, -0.1) is 5.73 Å². The molecule has 1 aliphatic heterocycles. The molecule has 2 heterocycles. The first-order chi connectivity index (χ1) is 12.5. The van der Waals surface area contributed by atoms with Crippen LogP contribution in [0.25, 0.3) is 16.5 Å². The molecule has 0 unspecified atom stereocenters. The Morgan fingerprint density at radius 2 is 2.04 bits per heavy atom. The van der Waals surface area contributed by atoms with Crippen LogP contribution in [0.3, 0.4) is 0 Å². The number of aromatic amines is 1. The summed E-state index contributed by atoms with van der Waals surface area (Å²) >= 11 is 0. The number of hydrogen-bond donors (Lipinski definition) is 1. The SMILES string of the molecule is CN(C)C(=O)c1cc2ccc(C3=CCCN(C(=O)C4=C=CC4)C3)cc2[nH]1. The highest BCUT2D eigenvalue weighted by molar-refractivity contribution is 5.99. The van der Waals surface area contributed by atoms with Gasteiger partial charge in [-0.2, -0.15) is 0 Å². The van der Waals surface area contributed by atoms with E-state index in [9.17, 15) is 9.59 Å². The number of benzene rings is 1. The van der Waals surface area contributed by atoms with E-state index in [2.05, 4.69) is 28.9 Å². The summed E-state index contributed by atoms with van der Waals surface area (Å²) in [6.07, 6.45) is 5.67. The van der Waals surface area contributed by atoms with Gasteiger partial charge in [-0.1, -0.05) is 18.2 Å². The summed E-state index contributed by atoms with van der Waals surface area (Å²) in [6, 6.07) is 8.01. The lowest BCUT2D eigenvalue weighted by atomic mass is 9.98. The quantitative estimate of drug-likeness (QED) is 0.868. The van der Waals surface area contributed by atoms with Crippen molar-refractivity contribution in [2.24, 2.45) is 0 Å². The molecule has 0 radical (unpaired) electrons. The van der Waals surface area contributed by atoms with Crippen LogP contribution in [0.2, 0.25) is 0 Å². The molecule has 5 nitrogen and oxygen atoms in total. The minimum atomic E-state index is -0.0433. The maximum Gasteiger partial charge on any atom is 0.269 e. The second-order valence-corrected chi connectivity index (χ2v) is 6.96. The van der Waals surface area contributed by atoms with Gasteiger partial charge >= 0.3 is 0 Å². The topological polar surface area (TPSA) is 56.4 Å². The third kappa shape index (κ3) is 2.87. The van der Waals surface area contributed by atoms with Gasteiger partial charge in [-0.05, 0) is 35.8 Å². The summed E-state index contributed by atoms with van der Waals surface area (Å²) in [5.74, 6) is 0.0520. The number of carbonyl (C=O) groups excluding carboxylic acids is 2. The van der Waals surface area contributed by atoms with Crippen molar-refractivity contribution in [1.82, 2.24) is 14.8 Å².